The molecular weight excluding hydrogens is 258 g/mol. The maximum absolute atomic E-state index is 12.6. The number of aromatic amines is 1. The van der Waals surface area contributed by atoms with Crippen LogP contribution in [0.3, 0.4) is 0 Å². The van der Waals surface area contributed by atoms with Crippen LogP contribution in [0.15, 0.2) is 6.33 Å². The fourth-order valence-electron chi connectivity index (χ4n) is 3.22. The Hall–Kier alpha value is -1.85. The number of H-pyrrole nitrogens is 1. The largest absolute Gasteiger partial charge is 0.467 e. The van der Waals surface area contributed by atoms with Crippen LogP contribution < -0.4 is 0 Å². The van der Waals surface area contributed by atoms with E-state index in [1.807, 2.05) is 0 Å². The first-order valence-electron chi connectivity index (χ1n) is 7.10. The number of esters is 1. The van der Waals surface area contributed by atoms with Crippen LogP contribution in [0.2, 0.25) is 0 Å². The second kappa shape index (κ2) is 5.26. The number of hydrogen-bond acceptors (Lipinski definition) is 4. The van der Waals surface area contributed by atoms with Crippen LogP contribution in [0.1, 0.15) is 37.1 Å². The van der Waals surface area contributed by atoms with Crippen molar-refractivity contribution in [1.82, 2.24) is 14.9 Å². The lowest BCUT2D eigenvalue weighted by molar-refractivity contribution is -0.155. The molecule has 0 bridgehead atoms. The first-order valence-corrected chi connectivity index (χ1v) is 7.10. The molecule has 1 aliphatic heterocycles. The van der Waals surface area contributed by atoms with E-state index in [0.29, 0.717) is 13.0 Å². The van der Waals surface area contributed by atoms with Gasteiger partial charge in [0, 0.05) is 12.3 Å². The second-order valence-corrected chi connectivity index (χ2v) is 5.52. The van der Waals surface area contributed by atoms with Gasteiger partial charge in [0.25, 0.3) is 0 Å². The van der Waals surface area contributed by atoms with Gasteiger partial charge in [-0.3, -0.25) is 4.79 Å². The number of ether oxygens (including phenoxy) is 1. The number of fused-ring (bicyclic) bond motifs is 1. The van der Waals surface area contributed by atoms with Gasteiger partial charge in [0.05, 0.1) is 31.4 Å². The summed E-state index contributed by atoms with van der Waals surface area (Å²) in [6, 6.07) is -0.538. The fourth-order valence-corrected chi connectivity index (χ4v) is 3.22. The number of aromatic nitrogens is 2. The van der Waals surface area contributed by atoms with E-state index < -0.39 is 6.04 Å². The summed E-state index contributed by atoms with van der Waals surface area (Å²) < 4.78 is 4.85. The fraction of sp³-hybridized carbons (Fsp3) is 0.643. The van der Waals surface area contributed by atoms with E-state index in [9.17, 15) is 9.59 Å². The number of hydrogen-bond donors (Lipinski definition) is 1. The molecule has 20 heavy (non-hydrogen) atoms. The predicted molar refractivity (Wildman–Crippen MR) is 70.6 cm³/mol. The molecule has 3 rings (SSSR count). The van der Waals surface area contributed by atoms with E-state index in [-0.39, 0.29) is 17.8 Å². The Morgan fingerprint density at radius 1 is 1.40 bits per heavy atom. The topological polar surface area (TPSA) is 75.3 Å². The average Bonchev–Trinajstić information content (AvgIpc) is 3.14. The van der Waals surface area contributed by atoms with Gasteiger partial charge < -0.3 is 14.6 Å². The standard InChI is InChI=1S/C14H19N3O3/c1-20-14(19)12-6-10-11(16-8-15-10)7-17(12)13(18)9-4-2-3-5-9/h8-9,12H,2-7H2,1H3,(H,15,16). The van der Waals surface area contributed by atoms with Gasteiger partial charge in [0.15, 0.2) is 0 Å². The summed E-state index contributed by atoms with van der Waals surface area (Å²) in [5, 5.41) is 0. The molecule has 1 amide bonds. The van der Waals surface area contributed by atoms with Crippen molar-refractivity contribution in [2.75, 3.05) is 7.11 Å². The summed E-state index contributed by atoms with van der Waals surface area (Å²) >= 11 is 0. The molecule has 0 aromatic carbocycles. The molecular formula is C14H19N3O3. The normalized spacial score (nSPS) is 22.6. The van der Waals surface area contributed by atoms with Gasteiger partial charge in [-0.05, 0) is 12.8 Å². The molecule has 2 heterocycles. The molecule has 108 valence electrons. The summed E-state index contributed by atoms with van der Waals surface area (Å²) in [7, 11) is 1.36. The van der Waals surface area contributed by atoms with Crippen molar-refractivity contribution in [2.24, 2.45) is 5.92 Å². The number of carbonyl (C=O) groups is 2. The van der Waals surface area contributed by atoms with Gasteiger partial charge in [0.2, 0.25) is 5.91 Å². The van der Waals surface area contributed by atoms with Crippen molar-refractivity contribution < 1.29 is 14.3 Å². The van der Waals surface area contributed by atoms with Gasteiger partial charge in [-0.25, -0.2) is 9.78 Å². The summed E-state index contributed by atoms with van der Waals surface area (Å²) in [6.07, 6.45) is 6.11. The number of imidazole rings is 1. The quantitative estimate of drug-likeness (QED) is 0.819. The molecule has 0 radical (unpaired) electrons. The summed E-state index contributed by atoms with van der Waals surface area (Å²) in [4.78, 5) is 33.6. The van der Waals surface area contributed by atoms with Crippen molar-refractivity contribution >= 4 is 11.9 Å². The third-order valence-corrected chi connectivity index (χ3v) is 4.36. The zero-order chi connectivity index (χ0) is 14.1. The SMILES string of the molecule is COC(=O)C1Cc2nc[nH]c2CN1C(=O)C1CCCC1. The van der Waals surface area contributed by atoms with Crippen LogP contribution in [0, 0.1) is 5.92 Å². The number of carbonyl (C=O) groups excluding carboxylic acids is 2. The highest BCUT2D eigenvalue weighted by molar-refractivity contribution is 5.86. The zero-order valence-corrected chi connectivity index (χ0v) is 11.6. The smallest absolute Gasteiger partial charge is 0.329 e. The van der Waals surface area contributed by atoms with Crippen molar-refractivity contribution in [3.63, 3.8) is 0 Å². The van der Waals surface area contributed by atoms with E-state index in [4.69, 9.17) is 4.74 Å². The lowest BCUT2D eigenvalue weighted by Crippen LogP contribution is -2.50. The Balaban J connectivity index is 1.85. The molecule has 1 atom stereocenters. The third kappa shape index (κ3) is 2.19. The van der Waals surface area contributed by atoms with E-state index in [2.05, 4.69) is 9.97 Å². The maximum atomic E-state index is 12.6. The van der Waals surface area contributed by atoms with Gasteiger partial charge in [-0.1, -0.05) is 12.8 Å². The molecule has 1 fully saturated rings. The number of nitrogens with one attached hydrogen (secondary N) is 1. The Labute approximate surface area is 117 Å². The Kier molecular flexibility index (Phi) is 3.46. The molecule has 2 aliphatic rings. The Morgan fingerprint density at radius 3 is 2.85 bits per heavy atom. The van der Waals surface area contributed by atoms with Crippen LogP contribution in [0.4, 0.5) is 0 Å². The molecule has 1 N–H and O–H groups in total. The lowest BCUT2D eigenvalue weighted by atomic mass is 9.98. The number of nitrogens with zero attached hydrogens (tertiary/aromatic N) is 2. The van der Waals surface area contributed by atoms with Crippen molar-refractivity contribution in [2.45, 2.75) is 44.7 Å². The maximum Gasteiger partial charge on any atom is 0.329 e. The first-order chi connectivity index (χ1) is 9.70. The molecule has 6 heteroatoms. The summed E-state index contributed by atoms with van der Waals surface area (Å²) in [5.41, 5.74) is 1.78. The summed E-state index contributed by atoms with van der Waals surface area (Å²) in [6.45, 7) is 0.421. The molecule has 6 nitrogen and oxygen atoms in total. The monoisotopic (exact) mass is 277 g/mol. The van der Waals surface area contributed by atoms with Crippen molar-refractivity contribution in [3.8, 4) is 0 Å². The Bertz CT molecular complexity index is 519. The minimum atomic E-state index is -0.538. The van der Waals surface area contributed by atoms with Gasteiger partial charge >= 0.3 is 5.97 Å². The molecule has 0 saturated heterocycles. The van der Waals surface area contributed by atoms with Crippen LogP contribution >= 0.6 is 0 Å². The van der Waals surface area contributed by atoms with E-state index >= 15 is 0 Å². The van der Waals surface area contributed by atoms with Gasteiger partial charge in [-0.2, -0.15) is 0 Å². The number of methoxy groups -OCH3 is 1. The van der Waals surface area contributed by atoms with Crippen LogP contribution in [0.25, 0.3) is 0 Å². The van der Waals surface area contributed by atoms with Crippen molar-refractivity contribution in [3.05, 3.63) is 17.7 Å². The minimum absolute atomic E-state index is 0.0617. The van der Waals surface area contributed by atoms with E-state index in [1.54, 1.807) is 11.2 Å². The second-order valence-electron chi connectivity index (χ2n) is 5.52. The minimum Gasteiger partial charge on any atom is -0.467 e. The van der Waals surface area contributed by atoms with Crippen LogP contribution in [-0.4, -0.2) is 39.9 Å². The number of rotatable bonds is 2. The number of amides is 1. The summed E-state index contributed by atoms with van der Waals surface area (Å²) in [5.74, 6) is -0.213. The van der Waals surface area contributed by atoms with Crippen LogP contribution in [-0.2, 0) is 27.3 Å². The van der Waals surface area contributed by atoms with Gasteiger partial charge in [0.1, 0.15) is 6.04 Å². The highest BCUT2D eigenvalue weighted by atomic mass is 16.5. The van der Waals surface area contributed by atoms with Gasteiger partial charge in [-0.15, -0.1) is 0 Å². The molecule has 1 aliphatic carbocycles. The lowest BCUT2D eigenvalue weighted by Gasteiger charge is -2.34. The highest BCUT2D eigenvalue weighted by Gasteiger charge is 2.39. The predicted octanol–water partition coefficient (Wildman–Crippen LogP) is 1.03. The van der Waals surface area contributed by atoms with E-state index in [0.717, 1.165) is 37.1 Å². The first kappa shape index (κ1) is 13.1. The Morgan fingerprint density at radius 2 is 2.15 bits per heavy atom. The molecule has 1 aromatic rings. The highest BCUT2D eigenvalue weighted by Crippen LogP contribution is 2.30. The van der Waals surface area contributed by atoms with Crippen LogP contribution in [0.5, 0.6) is 0 Å². The average molecular weight is 277 g/mol. The third-order valence-electron chi connectivity index (χ3n) is 4.36. The molecule has 0 spiro atoms. The molecule has 1 saturated carbocycles. The van der Waals surface area contributed by atoms with Crippen molar-refractivity contribution in [1.29, 1.82) is 0 Å². The van der Waals surface area contributed by atoms with E-state index in [1.165, 1.54) is 7.11 Å². The molecule has 1 unspecified atom stereocenters. The molecule has 1 aromatic heterocycles. The zero-order valence-electron chi connectivity index (χ0n) is 11.6.